The Kier molecular flexibility index (Phi) is 5.30. The summed E-state index contributed by atoms with van der Waals surface area (Å²) in [5.74, 6) is 0.500. The molecule has 0 unspecified atom stereocenters. The van der Waals surface area contributed by atoms with E-state index in [2.05, 4.69) is 19.2 Å². The van der Waals surface area contributed by atoms with Gasteiger partial charge < -0.3 is 5.32 Å². The topological polar surface area (TPSA) is 29.1 Å². The van der Waals surface area contributed by atoms with E-state index in [1.165, 1.54) is 19.3 Å². The van der Waals surface area contributed by atoms with Crippen LogP contribution in [0.2, 0.25) is 0 Å². The summed E-state index contributed by atoms with van der Waals surface area (Å²) >= 11 is 0. The first kappa shape index (κ1) is 12.7. The summed E-state index contributed by atoms with van der Waals surface area (Å²) in [6.45, 7) is 6.38. The summed E-state index contributed by atoms with van der Waals surface area (Å²) in [5.41, 5.74) is -0.0164. The number of carbonyl (C=O) groups excluding carboxylic acids is 1. The van der Waals surface area contributed by atoms with Crippen LogP contribution in [0.4, 0.5) is 0 Å². The molecule has 15 heavy (non-hydrogen) atoms. The van der Waals surface area contributed by atoms with Gasteiger partial charge in [0.05, 0.1) is 0 Å². The molecule has 0 radical (unpaired) electrons. The van der Waals surface area contributed by atoms with Crippen LogP contribution in [0.5, 0.6) is 0 Å². The highest BCUT2D eigenvalue weighted by Crippen LogP contribution is 2.30. The monoisotopic (exact) mass is 211 g/mol. The van der Waals surface area contributed by atoms with Crippen molar-refractivity contribution < 1.29 is 4.79 Å². The molecule has 0 bridgehead atoms. The van der Waals surface area contributed by atoms with E-state index in [1.54, 1.807) is 0 Å². The average Bonchev–Trinajstić information content (AvgIpc) is 2.25. The molecule has 0 aromatic rings. The molecule has 0 spiro atoms. The summed E-state index contributed by atoms with van der Waals surface area (Å²) in [5, 5.41) is 3.32. The Balaban J connectivity index is 2.25. The van der Waals surface area contributed by atoms with Crippen molar-refractivity contribution in [1.82, 2.24) is 5.32 Å². The molecule has 1 saturated heterocycles. The van der Waals surface area contributed by atoms with Crippen molar-refractivity contribution in [2.75, 3.05) is 13.1 Å². The van der Waals surface area contributed by atoms with Crippen molar-refractivity contribution in [3.63, 3.8) is 0 Å². The lowest BCUT2D eigenvalue weighted by Crippen LogP contribution is -2.39. The number of unbranched alkanes of at least 4 members (excludes halogenated alkanes) is 3. The van der Waals surface area contributed by atoms with Gasteiger partial charge in [-0.3, -0.25) is 4.79 Å². The first-order chi connectivity index (χ1) is 7.19. The molecule has 1 heterocycles. The highest BCUT2D eigenvalue weighted by molar-refractivity contribution is 5.84. The quantitative estimate of drug-likeness (QED) is 0.684. The van der Waals surface area contributed by atoms with Gasteiger partial charge in [0, 0.05) is 11.8 Å². The zero-order chi connectivity index (χ0) is 11.1. The second-order valence-electron chi connectivity index (χ2n) is 5.04. The van der Waals surface area contributed by atoms with Crippen molar-refractivity contribution in [3.05, 3.63) is 0 Å². The van der Waals surface area contributed by atoms with Crippen LogP contribution >= 0.6 is 0 Å². The van der Waals surface area contributed by atoms with Crippen LogP contribution in [-0.4, -0.2) is 18.9 Å². The fourth-order valence-electron chi connectivity index (χ4n) is 2.27. The van der Waals surface area contributed by atoms with E-state index < -0.39 is 0 Å². The van der Waals surface area contributed by atoms with Crippen molar-refractivity contribution in [3.8, 4) is 0 Å². The van der Waals surface area contributed by atoms with Crippen molar-refractivity contribution in [1.29, 1.82) is 0 Å². The molecule has 0 aromatic carbocycles. The third kappa shape index (κ3) is 3.94. The maximum absolute atomic E-state index is 12.1. The van der Waals surface area contributed by atoms with E-state index in [0.717, 1.165) is 38.8 Å². The van der Waals surface area contributed by atoms with Gasteiger partial charge in [0.1, 0.15) is 5.78 Å². The second-order valence-corrected chi connectivity index (χ2v) is 5.04. The standard InChI is InChI=1S/C13H25NO/c1-3-4-5-6-7-12(15)13(2)8-10-14-11-9-13/h14H,3-11H2,1-2H3. The highest BCUT2D eigenvalue weighted by Gasteiger charge is 2.33. The molecular formula is C13H25NO. The van der Waals surface area contributed by atoms with E-state index in [0.29, 0.717) is 5.78 Å². The van der Waals surface area contributed by atoms with Gasteiger partial charge in [-0.2, -0.15) is 0 Å². The molecule has 1 fully saturated rings. The molecule has 1 aliphatic rings. The minimum Gasteiger partial charge on any atom is -0.317 e. The lowest BCUT2D eigenvalue weighted by atomic mass is 9.76. The highest BCUT2D eigenvalue weighted by atomic mass is 16.1. The number of rotatable bonds is 6. The Morgan fingerprint density at radius 1 is 1.20 bits per heavy atom. The van der Waals surface area contributed by atoms with E-state index >= 15 is 0 Å². The van der Waals surface area contributed by atoms with Gasteiger partial charge in [-0.15, -0.1) is 0 Å². The van der Waals surface area contributed by atoms with Gasteiger partial charge in [0.2, 0.25) is 0 Å². The van der Waals surface area contributed by atoms with Crippen molar-refractivity contribution in [2.45, 2.75) is 58.8 Å². The van der Waals surface area contributed by atoms with Crippen LogP contribution < -0.4 is 5.32 Å². The van der Waals surface area contributed by atoms with Gasteiger partial charge in [-0.25, -0.2) is 0 Å². The maximum Gasteiger partial charge on any atom is 0.138 e. The Morgan fingerprint density at radius 3 is 2.47 bits per heavy atom. The van der Waals surface area contributed by atoms with Gasteiger partial charge in [-0.05, 0) is 32.4 Å². The van der Waals surface area contributed by atoms with Gasteiger partial charge >= 0.3 is 0 Å². The lowest BCUT2D eigenvalue weighted by Gasteiger charge is -2.32. The normalized spacial score (nSPS) is 20.1. The van der Waals surface area contributed by atoms with E-state index in [4.69, 9.17) is 0 Å². The fourth-order valence-corrected chi connectivity index (χ4v) is 2.27. The smallest absolute Gasteiger partial charge is 0.138 e. The molecule has 0 aliphatic carbocycles. The van der Waals surface area contributed by atoms with E-state index in [-0.39, 0.29) is 5.41 Å². The SMILES string of the molecule is CCCCCCC(=O)C1(C)CCNCC1. The number of hydrogen-bond acceptors (Lipinski definition) is 2. The predicted molar refractivity (Wildman–Crippen MR) is 64.0 cm³/mol. The molecule has 88 valence electrons. The van der Waals surface area contributed by atoms with Crippen LogP contribution in [0.3, 0.4) is 0 Å². The number of ketones is 1. The zero-order valence-corrected chi connectivity index (χ0v) is 10.3. The summed E-state index contributed by atoms with van der Waals surface area (Å²) in [6.07, 6.45) is 7.68. The van der Waals surface area contributed by atoms with Crippen molar-refractivity contribution in [2.24, 2.45) is 5.41 Å². The third-order valence-electron chi connectivity index (χ3n) is 3.64. The summed E-state index contributed by atoms with van der Waals surface area (Å²) < 4.78 is 0. The average molecular weight is 211 g/mol. The van der Waals surface area contributed by atoms with Crippen LogP contribution in [0.25, 0.3) is 0 Å². The summed E-state index contributed by atoms with van der Waals surface area (Å²) in [6, 6.07) is 0. The first-order valence-corrected chi connectivity index (χ1v) is 6.43. The molecule has 0 saturated carbocycles. The van der Waals surface area contributed by atoms with E-state index in [9.17, 15) is 4.79 Å². The number of carbonyl (C=O) groups is 1. The molecule has 2 nitrogen and oxygen atoms in total. The predicted octanol–water partition coefficient (Wildman–Crippen LogP) is 2.92. The fraction of sp³-hybridized carbons (Fsp3) is 0.923. The second kappa shape index (κ2) is 6.26. The van der Waals surface area contributed by atoms with Crippen molar-refractivity contribution >= 4 is 5.78 Å². The summed E-state index contributed by atoms with van der Waals surface area (Å²) in [7, 11) is 0. The Hall–Kier alpha value is -0.370. The molecule has 1 aliphatic heterocycles. The molecule has 0 aromatic heterocycles. The van der Waals surface area contributed by atoms with Crippen LogP contribution in [0, 0.1) is 5.41 Å². The van der Waals surface area contributed by atoms with Crippen LogP contribution in [-0.2, 0) is 4.79 Å². The largest absolute Gasteiger partial charge is 0.317 e. The molecule has 1 N–H and O–H groups in total. The van der Waals surface area contributed by atoms with Crippen LogP contribution in [0.1, 0.15) is 58.8 Å². The minimum absolute atomic E-state index is 0.0164. The Morgan fingerprint density at radius 2 is 1.87 bits per heavy atom. The molecule has 2 heteroatoms. The number of hydrogen-bond donors (Lipinski definition) is 1. The number of Topliss-reactive ketones (excluding diaryl/α,β-unsaturated/α-hetero) is 1. The maximum atomic E-state index is 12.1. The molecular weight excluding hydrogens is 186 g/mol. The molecule has 1 rings (SSSR count). The van der Waals surface area contributed by atoms with E-state index in [1.807, 2.05) is 0 Å². The molecule has 0 amide bonds. The Labute approximate surface area is 93.8 Å². The number of nitrogens with one attached hydrogen (secondary N) is 1. The minimum atomic E-state index is -0.0164. The lowest BCUT2D eigenvalue weighted by molar-refractivity contribution is -0.129. The zero-order valence-electron chi connectivity index (χ0n) is 10.3. The molecule has 0 atom stereocenters. The Bertz CT molecular complexity index is 195. The van der Waals surface area contributed by atoms with Gasteiger partial charge in [0.15, 0.2) is 0 Å². The third-order valence-corrected chi connectivity index (χ3v) is 3.64. The first-order valence-electron chi connectivity index (χ1n) is 6.43. The van der Waals surface area contributed by atoms with Gasteiger partial charge in [-0.1, -0.05) is 33.1 Å². The summed E-state index contributed by atoms with van der Waals surface area (Å²) in [4.78, 5) is 12.1. The van der Waals surface area contributed by atoms with Crippen LogP contribution in [0.15, 0.2) is 0 Å². The number of piperidine rings is 1. The van der Waals surface area contributed by atoms with Gasteiger partial charge in [0.25, 0.3) is 0 Å².